The van der Waals surface area contributed by atoms with Gasteiger partial charge in [0.1, 0.15) is 17.5 Å². The fraction of sp³-hybridized carbons (Fsp3) is 0.382. The Morgan fingerprint density at radius 3 is 2.52 bits per heavy atom. The second kappa shape index (κ2) is 14.1. The molecule has 0 saturated carbocycles. The van der Waals surface area contributed by atoms with E-state index >= 15 is 0 Å². The average molecular weight is 730 g/mol. The van der Waals surface area contributed by atoms with E-state index in [-0.39, 0.29) is 6.04 Å². The molecule has 3 atom stereocenters. The first-order valence-corrected chi connectivity index (χ1v) is 16.7. The maximum Gasteiger partial charge on any atom is 0.416 e. The lowest BCUT2D eigenvalue weighted by atomic mass is 9.92. The highest BCUT2D eigenvalue weighted by atomic mass is 127. The molecule has 3 heterocycles. The van der Waals surface area contributed by atoms with Gasteiger partial charge in [0.25, 0.3) is 0 Å². The first-order valence-electron chi connectivity index (χ1n) is 15.1. The number of amides is 1. The molecule has 10 heteroatoms. The summed E-state index contributed by atoms with van der Waals surface area (Å²) in [6.45, 7) is 6.78. The van der Waals surface area contributed by atoms with Gasteiger partial charge in [0.05, 0.1) is 25.9 Å². The third-order valence-electron chi connectivity index (χ3n) is 8.36. The van der Waals surface area contributed by atoms with Crippen molar-refractivity contribution < 1.29 is 24.1 Å². The minimum atomic E-state index is -0.454. The van der Waals surface area contributed by atoms with E-state index in [9.17, 15) is 9.90 Å². The number of benzene rings is 3. The number of rotatable bonds is 9. The van der Waals surface area contributed by atoms with E-state index in [0.29, 0.717) is 66.2 Å². The standard InChI is InChI=1S/C34H37ClIN3O5/c1-22(36)23-2-9-28(10-3-23)44-34(41)39-14-12-29-30-20-25(35)6-11-31(30)37-32(29)33(39)24-4-7-27(8-5-24)43-17-13-26(40)21-38-15-18-42-19-16-38/h2-11,20,22,26,33,37,40H,12-19,21H2,1H3/t22?,26?,33-/m0/s1. The monoisotopic (exact) mass is 729 g/mol. The molecule has 0 aliphatic carbocycles. The van der Waals surface area contributed by atoms with Gasteiger partial charge in [0, 0.05) is 58.1 Å². The summed E-state index contributed by atoms with van der Waals surface area (Å²) in [5, 5.41) is 12.2. The topological polar surface area (TPSA) is 87.3 Å². The smallest absolute Gasteiger partial charge is 0.416 e. The number of aromatic nitrogens is 1. The number of aliphatic hydroxyl groups excluding tert-OH is 1. The lowest BCUT2D eigenvalue weighted by Gasteiger charge is -2.35. The predicted octanol–water partition coefficient (Wildman–Crippen LogP) is 6.93. The summed E-state index contributed by atoms with van der Waals surface area (Å²) in [7, 11) is 0. The first kappa shape index (κ1) is 31.2. The molecule has 1 fully saturated rings. The van der Waals surface area contributed by atoms with Crippen LogP contribution in [0.15, 0.2) is 66.7 Å². The van der Waals surface area contributed by atoms with Crippen LogP contribution >= 0.6 is 34.2 Å². The van der Waals surface area contributed by atoms with Gasteiger partial charge in [-0.1, -0.05) is 58.5 Å². The van der Waals surface area contributed by atoms with Gasteiger partial charge < -0.3 is 24.3 Å². The van der Waals surface area contributed by atoms with Crippen LogP contribution in [0.5, 0.6) is 11.5 Å². The summed E-state index contributed by atoms with van der Waals surface area (Å²) in [6.07, 6.45) is 0.368. The van der Waals surface area contributed by atoms with Gasteiger partial charge >= 0.3 is 6.09 Å². The number of nitrogens with zero attached hydrogens (tertiary/aromatic N) is 2. The molecule has 1 amide bonds. The van der Waals surface area contributed by atoms with Gasteiger partial charge in [-0.25, -0.2) is 4.79 Å². The zero-order valence-electron chi connectivity index (χ0n) is 24.7. The number of H-pyrrole nitrogens is 1. The van der Waals surface area contributed by atoms with Crippen molar-refractivity contribution in [2.75, 3.05) is 46.0 Å². The molecule has 2 aliphatic heterocycles. The largest absolute Gasteiger partial charge is 0.493 e. The third kappa shape index (κ3) is 7.18. The van der Waals surface area contributed by atoms with Crippen LogP contribution in [0.4, 0.5) is 4.79 Å². The number of halogens is 2. The molecule has 0 spiro atoms. The van der Waals surface area contributed by atoms with Crippen molar-refractivity contribution in [3.8, 4) is 11.5 Å². The Morgan fingerprint density at radius 2 is 1.80 bits per heavy atom. The zero-order valence-corrected chi connectivity index (χ0v) is 27.6. The van der Waals surface area contributed by atoms with Gasteiger partial charge in [-0.05, 0) is 72.5 Å². The van der Waals surface area contributed by atoms with Gasteiger partial charge in [-0.2, -0.15) is 0 Å². The van der Waals surface area contributed by atoms with Crippen LogP contribution in [0.25, 0.3) is 10.9 Å². The molecule has 4 aromatic rings. The van der Waals surface area contributed by atoms with E-state index in [1.54, 1.807) is 4.90 Å². The van der Waals surface area contributed by atoms with E-state index in [2.05, 4.69) is 39.4 Å². The molecule has 0 bridgehead atoms. The van der Waals surface area contributed by atoms with Crippen molar-refractivity contribution in [3.63, 3.8) is 0 Å². The highest BCUT2D eigenvalue weighted by molar-refractivity contribution is 14.1. The molecule has 6 rings (SSSR count). The fourth-order valence-corrected chi connectivity index (χ4v) is 6.58. The van der Waals surface area contributed by atoms with Crippen LogP contribution in [0.1, 0.15) is 45.7 Å². The van der Waals surface area contributed by atoms with E-state index in [4.69, 9.17) is 25.8 Å². The van der Waals surface area contributed by atoms with E-state index in [0.717, 1.165) is 40.8 Å². The molecule has 1 saturated heterocycles. The van der Waals surface area contributed by atoms with Gasteiger partial charge in [0.15, 0.2) is 0 Å². The summed E-state index contributed by atoms with van der Waals surface area (Å²) in [5.41, 5.74) is 5.22. The summed E-state index contributed by atoms with van der Waals surface area (Å²) in [6, 6.07) is 21.0. The zero-order chi connectivity index (χ0) is 30.6. The Labute approximate surface area is 276 Å². The van der Waals surface area contributed by atoms with E-state index in [1.165, 1.54) is 5.56 Å². The van der Waals surface area contributed by atoms with Gasteiger partial charge in [-0.3, -0.25) is 9.80 Å². The molecular weight excluding hydrogens is 693 g/mol. The average Bonchev–Trinajstić information content (AvgIpc) is 3.39. The second-order valence-electron chi connectivity index (χ2n) is 11.4. The third-order valence-corrected chi connectivity index (χ3v) is 9.31. The van der Waals surface area contributed by atoms with Crippen molar-refractivity contribution >= 4 is 51.2 Å². The van der Waals surface area contributed by atoms with Crippen molar-refractivity contribution in [2.24, 2.45) is 0 Å². The number of carbonyl (C=O) groups is 1. The van der Waals surface area contributed by atoms with Crippen LogP contribution in [-0.2, 0) is 11.2 Å². The number of alkyl halides is 1. The number of aromatic amines is 1. The number of fused-ring (bicyclic) bond motifs is 3. The second-order valence-corrected chi connectivity index (χ2v) is 13.7. The molecular formula is C34H37ClIN3O5. The van der Waals surface area contributed by atoms with Crippen LogP contribution in [0, 0.1) is 0 Å². The minimum absolute atomic E-state index is 0.366. The van der Waals surface area contributed by atoms with E-state index < -0.39 is 12.2 Å². The molecule has 232 valence electrons. The molecule has 44 heavy (non-hydrogen) atoms. The van der Waals surface area contributed by atoms with Crippen molar-refractivity contribution in [1.82, 2.24) is 14.8 Å². The maximum atomic E-state index is 13.7. The van der Waals surface area contributed by atoms with Gasteiger partial charge in [-0.15, -0.1) is 0 Å². The Balaban J connectivity index is 1.19. The number of hydrogen-bond donors (Lipinski definition) is 2. The van der Waals surface area contributed by atoms with E-state index in [1.807, 2.05) is 66.7 Å². The number of nitrogens with one attached hydrogen (secondary N) is 1. The Kier molecular flexibility index (Phi) is 9.97. The SMILES string of the molecule is CC(I)c1ccc(OC(=O)N2CCc3c([nH]c4ccc(Cl)cc34)[C@@H]2c2ccc(OCCC(O)CN3CCOCC3)cc2)cc1. The van der Waals surface area contributed by atoms with Gasteiger partial charge in [0.2, 0.25) is 0 Å². The van der Waals surface area contributed by atoms with Crippen molar-refractivity contribution in [2.45, 2.75) is 35.8 Å². The lowest BCUT2D eigenvalue weighted by molar-refractivity contribution is 0.0108. The number of morpholine rings is 1. The Hall–Kier alpha value is -2.83. The van der Waals surface area contributed by atoms with Crippen molar-refractivity contribution in [1.29, 1.82) is 0 Å². The number of β-amino-alcohol motifs (C(OH)–C–C–N with tert-alkyl or cyclic N) is 1. The molecule has 2 N–H and O–H groups in total. The molecule has 3 aromatic carbocycles. The number of aliphatic hydroxyl groups is 1. The fourth-order valence-electron chi connectivity index (χ4n) is 6.00. The predicted molar refractivity (Wildman–Crippen MR) is 180 cm³/mol. The normalized spacial score (nSPS) is 18.5. The van der Waals surface area contributed by atoms with Crippen molar-refractivity contribution in [3.05, 3.63) is 94.1 Å². The molecule has 2 aliphatic rings. The van der Waals surface area contributed by atoms with Crippen LogP contribution in [-0.4, -0.2) is 78.1 Å². The number of hydrogen-bond acceptors (Lipinski definition) is 6. The first-order chi connectivity index (χ1) is 21.4. The summed E-state index contributed by atoms with van der Waals surface area (Å²) in [4.78, 5) is 21.3. The van der Waals surface area contributed by atoms with Crippen LogP contribution in [0.2, 0.25) is 5.02 Å². The highest BCUT2D eigenvalue weighted by Crippen LogP contribution is 2.40. The Morgan fingerprint density at radius 1 is 1.07 bits per heavy atom. The molecule has 1 aromatic heterocycles. The maximum absolute atomic E-state index is 13.7. The Bertz CT molecular complexity index is 1570. The molecule has 0 radical (unpaired) electrons. The number of carbonyl (C=O) groups excluding carboxylic acids is 1. The summed E-state index contributed by atoms with van der Waals surface area (Å²) in [5.74, 6) is 1.23. The lowest BCUT2D eigenvalue weighted by Crippen LogP contribution is -2.42. The minimum Gasteiger partial charge on any atom is -0.493 e. The summed E-state index contributed by atoms with van der Waals surface area (Å²) < 4.78 is 17.6. The van der Waals surface area contributed by atoms with Crippen LogP contribution < -0.4 is 9.47 Å². The molecule has 2 unspecified atom stereocenters. The highest BCUT2D eigenvalue weighted by Gasteiger charge is 2.36. The molecule has 8 nitrogen and oxygen atoms in total. The number of ether oxygens (including phenoxy) is 3. The summed E-state index contributed by atoms with van der Waals surface area (Å²) >= 11 is 8.73. The van der Waals surface area contributed by atoms with Crippen LogP contribution in [0.3, 0.4) is 0 Å². The quantitative estimate of drug-likeness (QED) is 0.144.